The molecule has 0 radical (unpaired) electrons. The Balaban J connectivity index is 1.79. The summed E-state index contributed by atoms with van der Waals surface area (Å²) >= 11 is 0. The lowest BCUT2D eigenvalue weighted by atomic mass is 10.0. The van der Waals surface area contributed by atoms with Gasteiger partial charge >= 0.3 is 6.18 Å². The van der Waals surface area contributed by atoms with E-state index < -0.39 is 23.7 Å². The highest BCUT2D eigenvalue weighted by atomic mass is 19.4. The van der Waals surface area contributed by atoms with Crippen LogP contribution in [0.5, 0.6) is 0 Å². The highest BCUT2D eigenvalue weighted by molar-refractivity contribution is 5.88. The number of halogens is 3. The summed E-state index contributed by atoms with van der Waals surface area (Å²) in [6.07, 6.45) is 4.77. The van der Waals surface area contributed by atoms with Crippen LogP contribution in [0, 0.1) is 16.7 Å². The van der Waals surface area contributed by atoms with Crippen molar-refractivity contribution in [2.24, 2.45) is 4.99 Å². The SMILES string of the molecule is CN=CC(C=N)c1cc2nccn2c(-c2cnn(C(CC#N)c3cccc(C(F)(F)F)c3)c2)n1. The number of rotatable bonds is 7. The second-order valence-corrected chi connectivity index (χ2v) is 7.47. The fraction of sp³-hybridized carbons (Fsp3) is 0.217. The lowest BCUT2D eigenvalue weighted by Crippen LogP contribution is -2.13. The van der Waals surface area contributed by atoms with Gasteiger partial charge in [-0.3, -0.25) is 14.1 Å². The summed E-state index contributed by atoms with van der Waals surface area (Å²) < 4.78 is 42.9. The van der Waals surface area contributed by atoms with Crippen molar-refractivity contribution in [2.45, 2.75) is 24.6 Å². The van der Waals surface area contributed by atoms with Crippen molar-refractivity contribution in [2.75, 3.05) is 7.05 Å². The Labute approximate surface area is 192 Å². The van der Waals surface area contributed by atoms with Gasteiger partial charge in [-0.25, -0.2) is 9.97 Å². The van der Waals surface area contributed by atoms with E-state index in [9.17, 15) is 18.4 Å². The first-order valence-electron chi connectivity index (χ1n) is 10.2. The first-order chi connectivity index (χ1) is 16.4. The molecule has 1 aromatic carbocycles. The normalized spacial score (nSPS) is 13.7. The lowest BCUT2D eigenvalue weighted by molar-refractivity contribution is -0.137. The number of hydrogen-bond donors (Lipinski definition) is 1. The van der Waals surface area contributed by atoms with Crippen LogP contribution < -0.4 is 0 Å². The molecule has 11 heteroatoms. The highest BCUT2D eigenvalue weighted by Gasteiger charge is 2.31. The lowest BCUT2D eigenvalue weighted by Gasteiger charge is -2.17. The third-order valence-corrected chi connectivity index (χ3v) is 5.30. The number of nitriles is 1. The summed E-state index contributed by atoms with van der Waals surface area (Å²) in [6.45, 7) is 0. The molecule has 3 aromatic heterocycles. The minimum Gasteiger partial charge on any atom is -0.312 e. The van der Waals surface area contributed by atoms with Crippen molar-refractivity contribution in [3.8, 4) is 17.5 Å². The average molecular weight is 464 g/mol. The molecule has 0 saturated heterocycles. The van der Waals surface area contributed by atoms with E-state index in [0.29, 0.717) is 28.3 Å². The van der Waals surface area contributed by atoms with Gasteiger partial charge in [0.05, 0.1) is 47.5 Å². The van der Waals surface area contributed by atoms with Crippen molar-refractivity contribution in [3.05, 3.63) is 71.9 Å². The van der Waals surface area contributed by atoms with Crippen LogP contribution in [0.3, 0.4) is 0 Å². The second-order valence-electron chi connectivity index (χ2n) is 7.47. The molecule has 0 aliphatic carbocycles. The number of nitrogens with zero attached hydrogens (tertiary/aromatic N) is 7. The van der Waals surface area contributed by atoms with Crippen molar-refractivity contribution < 1.29 is 13.2 Å². The number of fused-ring (bicyclic) bond motifs is 1. The van der Waals surface area contributed by atoms with Gasteiger partial charge in [0.2, 0.25) is 0 Å². The molecule has 0 saturated carbocycles. The van der Waals surface area contributed by atoms with Gasteiger partial charge in [-0.1, -0.05) is 12.1 Å². The Morgan fingerprint density at radius 3 is 2.82 bits per heavy atom. The van der Waals surface area contributed by atoms with Gasteiger partial charge in [0.1, 0.15) is 11.5 Å². The summed E-state index contributed by atoms with van der Waals surface area (Å²) in [4.78, 5) is 13.0. The van der Waals surface area contributed by atoms with Crippen LogP contribution in [-0.4, -0.2) is 43.6 Å². The zero-order chi connectivity index (χ0) is 24.3. The van der Waals surface area contributed by atoms with Gasteiger partial charge < -0.3 is 5.41 Å². The molecule has 4 rings (SSSR count). The van der Waals surface area contributed by atoms with Gasteiger partial charge in [-0.15, -0.1) is 0 Å². The van der Waals surface area contributed by atoms with E-state index in [1.807, 2.05) is 6.07 Å². The van der Waals surface area contributed by atoms with Gasteiger partial charge in [-0.2, -0.15) is 23.5 Å². The quantitative estimate of drug-likeness (QED) is 0.405. The number of benzene rings is 1. The van der Waals surface area contributed by atoms with Crippen LogP contribution in [0.25, 0.3) is 17.0 Å². The third-order valence-electron chi connectivity index (χ3n) is 5.30. The number of aromatic nitrogens is 5. The molecule has 172 valence electrons. The van der Waals surface area contributed by atoms with E-state index in [0.717, 1.165) is 12.1 Å². The summed E-state index contributed by atoms with van der Waals surface area (Å²) in [5, 5.41) is 21.4. The van der Waals surface area contributed by atoms with Gasteiger partial charge in [0, 0.05) is 44.1 Å². The largest absolute Gasteiger partial charge is 0.416 e. The van der Waals surface area contributed by atoms with E-state index in [4.69, 9.17) is 5.41 Å². The van der Waals surface area contributed by atoms with Gasteiger partial charge in [0.15, 0.2) is 0 Å². The maximum atomic E-state index is 13.2. The minimum absolute atomic E-state index is 0.0702. The summed E-state index contributed by atoms with van der Waals surface area (Å²) in [5.41, 5.74) is 1.29. The van der Waals surface area contributed by atoms with Crippen LogP contribution in [-0.2, 0) is 6.18 Å². The summed E-state index contributed by atoms with van der Waals surface area (Å²) in [6, 6.07) is 7.96. The van der Waals surface area contributed by atoms with Crippen LogP contribution >= 0.6 is 0 Å². The number of alkyl halides is 3. The monoisotopic (exact) mass is 464 g/mol. The first-order valence-corrected chi connectivity index (χ1v) is 10.2. The maximum absolute atomic E-state index is 13.2. The molecule has 8 nitrogen and oxygen atoms in total. The summed E-state index contributed by atoms with van der Waals surface area (Å²) in [5.74, 6) is 0.0456. The van der Waals surface area contributed by atoms with Crippen LogP contribution in [0.1, 0.15) is 35.2 Å². The fourth-order valence-electron chi connectivity index (χ4n) is 3.68. The van der Waals surface area contributed by atoms with Gasteiger partial charge in [0.25, 0.3) is 0 Å². The molecule has 1 N–H and O–H groups in total. The third kappa shape index (κ3) is 4.43. The Morgan fingerprint density at radius 2 is 2.12 bits per heavy atom. The molecule has 0 amide bonds. The molecule has 4 aromatic rings. The fourth-order valence-corrected chi connectivity index (χ4v) is 3.68. The average Bonchev–Trinajstić information content (AvgIpc) is 3.49. The van der Waals surface area contributed by atoms with E-state index in [2.05, 4.69) is 20.1 Å². The topological polar surface area (TPSA) is 108 Å². The van der Waals surface area contributed by atoms with Crippen molar-refractivity contribution >= 4 is 18.1 Å². The first kappa shape index (κ1) is 22.8. The zero-order valence-electron chi connectivity index (χ0n) is 18.0. The van der Waals surface area contributed by atoms with E-state index >= 15 is 0 Å². The van der Waals surface area contributed by atoms with Crippen molar-refractivity contribution in [1.82, 2.24) is 24.1 Å². The molecule has 0 aliphatic rings. The van der Waals surface area contributed by atoms with Crippen LogP contribution in [0.4, 0.5) is 13.2 Å². The highest BCUT2D eigenvalue weighted by Crippen LogP contribution is 2.33. The van der Waals surface area contributed by atoms with Crippen molar-refractivity contribution in [1.29, 1.82) is 10.7 Å². The molecule has 0 bridgehead atoms. The predicted octanol–water partition coefficient (Wildman–Crippen LogP) is 4.55. The molecule has 34 heavy (non-hydrogen) atoms. The molecule has 2 unspecified atom stereocenters. The molecule has 0 fully saturated rings. The number of hydrogen-bond acceptors (Lipinski definition) is 6. The standard InChI is InChI=1S/C23H19F3N8/c1-29-12-16(11-28)19-10-21-30-7-8-33(21)22(32-19)17-13-31-34(14-17)20(5-6-27)15-3-2-4-18(9-15)23(24,25)26/h2-4,7-14,16,20,28H,5H2,1H3. The van der Waals surface area contributed by atoms with Crippen molar-refractivity contribution in [3.63, 3.8) is 0 Å². The zero-order valence-corrected chi connectivity index (χ0v) is 18.0. The maximum Gasteiger partial charge on any atom is 0.416 e. The predicted molar refractivity (Wildman–Crippen MR) is 120 cm³/mol. The Morgan fingerprint density at radius 1 is 1.29 bits per heavy atom. The summed E-state index contributed by atoms with van der Waals surface area (Å²) in [7, 11) is 1.61. The van der Waals surface area contributed by atoms with Crippen LogP contribution in [0.2, 0.25) is 0 Å². The number of imidazole rings is 1. The van der Waals surface area contributed by atoms with Crippen LogP contribution in [0.15, 0.2) is 60.1 Å². The van der Waals surface area contributed by atoms with E-state index in [-0.39, 0.29) is 6.42 Å². The molecule has 0 aliphatic heterocycles. The number of aliphatic imine (C=N–C) groups is 1. The Hall–Kier alpha value is -4.33. The Kier molecular flexibility index (Phi) is 6.23. The molecular weight excluding hydrogens is 445 g/mol. The molecule has 2 atom stereocenters. The second kappa shape index (κ2) is 9.27. The Bertz CT molecular complexity index is 1390. The molecule has 0 spiro atoms. The van der Waals surface area contributed by atoms with E-state index in [1.165, 1.54) is 23.2 Å². The minimum atomic E-state index is -4.49. The number of nitrogens with one attached hydrogen (secondary N) is 1. The smallest absolute Gasteiger partial charge is 0.312 e. The van der Waals surface area contributed by atoms with E-state index in [1.54, 1.807) is 48.4 Å². The van der Waals surface area contributed by atoms with Gasteiger partial charge in [-0.05, 0) is 17.7 Å². The molecule has 3 heterocycles. The molecular formula is C23H19F3N8.